The molecular formula is C12H18N2O2S. The molecule has 1 atom stereocenters. The molecule has 1 heterocycles. The van der Waals surface area contributed by atoms with Gasteiger partial charge >= 0.3 is 0 Å². The maximum atomic E-state index is 11.5. The first-order chi connectivity index (χ1) is 8.11. The summed E-state index contributed by atoms with van der Waals surface area (Å²) in [5.74, 6) is -0.110. The first kappa shape index (κ1) is 13.9. The normalized spacial score (nSPS) is 12.9. The second-order valence-electron chi connectivity index (χ2n) is 3.89. The Morgan fingerprint density at radius 3 is 3.06 bits per heavy atom. The van der Waals surface area contributed by atoms with Crippen molar-refractivity contribution in [3.05, 3.63) is 22.2 Å². The molecule has 5 heteroatoms. The third-order valence-electron chi connectivity index (χ3n) is 2.22. The number of aliphatic hydroxyl groups excluding tert-OH is 1. The van der Waals surface area contributed by atoms with Crippen LogP contribution in [0.3, 0.4) is 0 Å². The fraction of sp³-hybridized carbons (Fsp3) is 0.500. The molecule has 0 fully saturated rings. The highest BCUT2D eigenvalue weighted by atomic mass is 32.1. The standard InChI is InChI=1S/C12H18N2O2S/c1-9(4-3-7-15)14-12(16)6-5-11-8-13-10(2)17-11/h5-6,8-9,15H,3-4,7H2,1-2H3,(H,14,16)/b6-5+. The molecule has 0 saturated heterocycles. The summed E-state index contributed by atoms with van der Waals surface area (Å²) in [6.45, 7) is 4.02. The summed E-state index contributed by atoms with van der Waals surface area (Å²) in [7, 11) is 0. The summed E-state index contributed by atoms with van der Waals surface area (Å²) in [6, 6.07) is 0.0856. The third-order valence-corrected chi connectivity index (χ3v) is 3.10. The Hall–Kier alpha value is -1.20. The molecule has 1 rings (SSSR count). The van der Waals surface area contributed by atoms with Crippen molar-refractivity contribution in [3.63, 3.8) is 0 Å². The monoisotopic (exact) mass is 254 g/mol. The Morgan fingerprint density at radius 2 is 2.47 bits per heavy atom. The number of hydrogen-bond acceptors (Lipinski definition) is 4. The largest absolute Gasteiger partial charge is 0.396 e. The van der Waals surface area contributed by atoms with E-state index >= 15 is 0 Å². The molecule has 0 aliphatic heterocycles. The molecule has 2 N–H and O–H groups in total. The van der Waals surface area contributed by atoms with E-state index in [1.807, 2.05) is 13.8 Å². The topological polar surface area (TPSA) is 62.2 Å². The number of carbonyl (C=O) groups excluding carboxylic acids is 1. The maximum Gasteiger partial charge on any atom is 0.244 e. The molecule has 0 saturated carbocycles. The SMILES string of the molecule is Cc1ncc(/C=C/C(=O)NC(C)CCCO)s1. The van der Waals surface area contributed by atoms with Crippen LogP contribution in [0.15, 0.2) is 12.3 Å². The molecule has 0 radical (unpaired) electrons. The number of aliphatic hydroxyl groups is 1. The number of nitrogens with zero attached hydrogens (tertiary/aromatic N) is 1. The van der Waals surface area contributed by atoms with E-state index in [1.165, 1.54) is 6.08 Å². The van der Waals surface area contributed by atoms with Crippen molar-refractivity contribution in [2.45, 2.75) is 32.7 Å². The second-order valence-corrected chi connectivity index (χ2v) is 5.16. The highest BCUT2D eigenvalue weighted by molar-refractivity contribution is 7.12. The zero-order chi connectivity index (χ0) is 12.7. The minimum atomic E-state index is -0.110. The summed E-state index contributed by atoms with van der Waals surface area (Å²) < 4.78 is 0. The molecule has 1 unspecified atom stereocenters. The van der Waals surface area contributed by atoms with Gasteiger partial charge in [-0.15, -0.1) is 11.3 Å². The summed E-state index contributed by atoms with van der Waals surface area (Å²) in [6.07, 6.45) is 6.52. The van der Waals surface area contributed by atoms with Gasteiger partial charge in [0.15, 0.2) is 0 Å². The van der Waals surface area contributed by atoms with Crippen LogP contribution in [0.25, 0.3) is 6.08 Å². The van der Waals surface area contributed by atoms with Crippen LogP contribution < -0.4 is 5.32 Å². The smallest absolute Gasteiger partial charge is 0.244 e. The average molecular weight is 254 g/mol. The lowest BCUT2D eigenvalue weighted by atomic mass is 10.2. The Balaban J connectivity index is 2.36. The lowest BCUT2D eigenvalue weighted by molar-refractivity contribution is -0.117. The molecular weight excluding hydrogens is 236 g/mol. The predicted octanol–water partition coefficient (Wildman–Crippen LogP) is 1.74. The highest BCUT2D eigenvalue weighted by Gasteiger charge is 2.03. The number of aromatic nitrogens is 1. The molecule has 0 aliphatic rings. The second kappa shape index (κ2) is 7.19. The third kappa shape index (κ3) is 5.60. The van der Waals surface area contributed by atoms with Gasteiger partial charge in [-0.25, -0.2) is 4.98 Å². The Labute approximate surface area is 105 Å². The van der Waals surface area contributed by atoms with E-state index in [9.17, 15) is 4.79 Å². The maximum absolute atomic E-state index is 11.5. The van der Waals surface area contributed by atoms with E-state index in [0.29, 0.717) is 6.42 Å². The molecule has 4 nitrogen and oxygen atoms in total. The molecule has 17 heavy (non-hydrogen) atoms. The van der Waals surface area contributed by atoms with Crippen molar-refractivity contribution in [2.24, 2.45) is 0 Å². The molecule has 0 bridgehead atoms. The first-order valence-corrected chi connectivity index (χ1v) is 6.45. The van der Waals surface area contributed by atoms with Gasteiger partial charge in [0, 0.05) is 29.8 Å². The molecule has 0 aliphatic carbocycles. The van der Waals surface area contributed by atoms with Gasteiger partial charge in [0.1, 0.15) is 0 Å². The van der Waals surface area contributed by atoms with Gasteiger partial charge in [-0.3, -0.25) is 4.79 Å². The molecule has 1 amide bonds. The molecule has 94 valence electrons. The number of thiazole rings is 1. The highest BCUT2D eigenvalue weighted by Crippen LogP contribution is 2.12. The van der Waals surface area contributed by atoms with Crippen molar-refractivity contribution in [1.82, 2.24) is 10.3 Å². The number of aryl methyl sites for hydroxylation is 1. The summed E-state index contributed by atoms with van der Waals surface area (Å²) in [4.78, 5) is 16.6. The number of amides is 1. The summed E-state index contributed by atoms with van der Waals surface area (Å²) in [5.41, 5.74) is 0. The fourth-order valence-corrected chi connectivity index (χ4v) is 2.06. The van der Waals surface area contributed by atoms with Crippen molar-refractivity contribution >= 4 is 23.3 Å². The fourth-order valence-electron chi connectivity index (χ4n) is 1.37. The molecule has 0 aromatic carbocycles. The minimum Gasteiger partial charge on any atom is -0.396 e. The van der Waals surface area contributed by atoms with Crippen molar-refractivity contribution in [2.75, 3.05) is 6.61 Å². The van der Waals surface area contributed by atoms with Gasteiger partial charge in [-0.05, 0) is 32.8 Å². The Morgan fingerprint density at radius 1 is 1.71 bits per heavy atom. The summed E-state index contributed by atoms with van der Waals surface area (Å²) in [5, 5.41) is 12.5. The van der Waals surface area contributed by atoms with Gasteiger partial charge in [0.25, 0.3) is 0 Å². The van der Waals surface area contributed by atoms with Crippen molar-refractivity contribution in [1.29, 1.82) is 0 Å². The van der Waals surface area contributed by atoms with E-state index in [-0.39, 0.29) is 18.6 Å². The lowest BCUT2D eigenvalue weighted by Gasteiger charge is -2.10. The van der Waals surface area contributed by atoms with Crippen molar-refractivity contribution in [3.8, 4) is 0 Å². The Bertz CT molecular complexity index is 388. The van der Waals surface area contributed by atoms with Crippen LogP contribution >= 0.6 is 11.3 Å². The van der Waals surface area contributed by atoms with Crippen LogP contribution in [0.4, 0.5) is 0 Å². The predicted molar refractivity (Wildman–Crippen MR) is 69.8 cm³/mol. The number of carbonyl (C=O) groups is 1. The van der Waals surface area contributed by atoms with E-state index < -0.39 is 0 Å². The number of rotatable bonds is 6. The average Bonchev–Trinajstić information content (AvgIpc) is 2.70. The Kier molecular flexibility index (Phi) is 5.86. The van der Waals surface area contributed by atoms with E-state index in [1.54, 1.807) is 23.6 Å². The van der Waals surface area contributed by atoms with Crippen LogP contribution in [0, 0.1) is 6.92 Å². The first-order valence-electron chi connectivity index (χ1n) is 5.63. The van der Waals surface area contributed by atoms with Crippen LogP contribution in [0.5, 0.6) is 0 Å². The van der Waals surface area contributed by atoms with Crippen molar-refractivity contribution < 1.29 is 9.90 Å². The van der Waals surface area contributed by atoms with E-state index in [4.69, 9.17) is 5.11 Å². The van der Waals surface area contributed by atoms with Gasteiger partial charge in [-0.1, -0.05) is 0 Å². The van der Waals surface area contributed by atoms with E-state index in [2.05, 4.69) is 10.3 Å². The van der Waals surface area contributed by atoms with Gasteiger partial charge < -0.3 is 10.4 Å². The van der Waals surface area contributed by atoms with Gasteiger partial charge in [-0.2, -0.15) is 0 Å². The molecule has 1 aromatic heterocycles. The zero-order valence-corrected chi connectivity index (χ0v) is 11.0. The lowest BCUT2D eigenvalue weighted by Crippen LogP contribution is -2.31. The molecule has 1 aromatic rings. The molecule has 0 spiro atoms. The number of nitrogens with one attached hydrogen (secondary N) is 1. The quantitative estimate of drug-likeness (QED) is 0.760. The van der Waals surface area contributed by atoms with Crippen LogP contribution in [0.1, 0.15) is 29.7 Å². The van der Waals surface area contributed by atoms with Gasteiger partial charge in [0.05, 0.1) is 5.01 Å². The number of hydrogen-bond donors (Lipinski definition) is 2. The van der Waals surface area contributed by atoms with Gasteiger partial charge in [0.2, 0.25) is 5.91 Å². The van der Waals surface area contributed by atoms with Crippen LogP contribution in [-0.4, -0.2) is 28.6 Å². The van der Waals surface area contributed by atoms with Crippen LogP contribution in [0.2, 0.25) is 0 Å². The van der Waals surface area contributed by atoms with E-state index in [0.717, 1.165) is 16.3 Å². The zero-order valence-electron chi connectivity index (χ0n) is 10.1. The minimum absolute atomic E-state index is 0.0856. The van der Waals surface area contributed by atoms with Crippen LogP contribution in [-0.2, 0) is 4.79 Å². The summed E-state index contributed by atoms with van der Waals surface area (Å²) >= 11 is 1.55.